The van der Waals surface area contributed by atoms with Crippen molar-refractivity contribution in [3.05, 3.63) is 70.2 Å². The summed E-state index contributed by atoms with van der Waals surface area (Å²) in [6.45, 7) is 0.101. The van der Waals surface area contributed by atoms with Crippen LogP contribution in [0.1, 0.15) is 35.2 Å². The molecule has 2 aromatic carbocycles. The lowest BCUT2D eigenvalue weighted by molar-refractivity contribution is 0.233. The van der Waals surface area contributed by atoms with Gasteiger partial charge in [-0.3, -0.25) is 0 Å². The lowest BCUT2D eigenvalue weighted by Gasteiger charge is -2.22. The molecule has 0 fully saturated rings. The average molecular weight is 288 g/mol. The third-order valence-corrected chi connectivity index (χ3v) is 4.20. The monoisotopic (exact) mass is 287 g/mol. The quantitative estimate of drug-likeness (QED) is 0.900. The average Bonchev–Trinajstić information content (AvgIpc) is 2.87. The number of aliphatic hydroxyl groups is 1. The number of hydrogen-bond donors (Lipinski definition) is 2. The highest BCUT2D eigenvalue weighted by Crippen LogP contribution is 2.34. The van der Waals surface area contributed by atoms with Crippen molar-refractivity contribution >= 4 is 11.6 Å². The van der Waals surface area contributed by atoms with Gasteiger partial charge in [-0.25, -0.2) is 0 Å². The van der Waals surface area contributed by atoms with Gasteiger partial charge < -0.3 is 10.4 Å². The molecule has 0 aliphatic heterocycles. The van der Waals surface area contributed by atoms with E-state index in [0.717, 1.165) is 23.4 Å². The highest BCUT2D eigenvalue weighted by atomic mass is 35.5. The van der Waals surface area contributed by atoms with E-state index in [0.29, 0.717) is 6.04 Å². The van der Waals surface area contributed by atoms with Crippen LogP contribution < -0.4 is 5.32 Å². The first kappa shape index (κ1) is 13.6. The van der Waals surface area contributed by atoms with E-state index < -0.39 is 0 Å². The molecular formula is C17H18ClNO. The standard InChI is InChI=1S/C17H18ClNO/c18-14-7-8-15-13(10-14)6-9-16(15)19-17(11-20)12-4-2-1-3-5-12/h1-5,7-8,10,16-17,19-20H,6,9,11H2. The topological polar surface area (TPSA) is 32.3 Å². The van der Waals surface area contributed by atoms with Gasteiger partial charge in [-0.05, 0) is 41.7 Å². The van der Waals surface area contributed by atoms with Crippen LogP contribution in [-0.4, -0.2) is 11.7 Å². The van der Waals surface area contributed by atoms with Crippen LogP contribution in [0.25, 0.3) is 0 Å². The maximum absolute atomic E-state index is 9.65. The van der Waals surface area contributed by atoms with Crippen LogP contribution >= 0.6 is 11.6 Å². The summed E-state index contributed by atoms with van der Waals surface area (Å²) >= 11 is 6.04. The van der Waals surface area contributed by atoms with Crippen LogP contribution in [0.15, 0.2) is 48.5 Å². The third-order valence-electron chi connectivity index (χ3n) is 3.97. The van der Waals surface area contributed by atoms with Gasteiger partial charge >= 0.3 is 0 Å². The van der Waals surface area contributed by atoms with Crippen molar-refractivity contribution in [1.82, 2.24) is 5.32 Å². The molecular weight excluding hydrogens is 270 g/mol. The molecule has 0 saturated heterocycles. The molecule has 1 aliphatic rings. The second-order valence-electron chi connectivity index (χ2n) is 5.25. The molecule has 104 valence electrons. The van der Waals surface area contributed by atoms with Crippen molar-refractivity contribution in [1.29, 1.82) is 0 Å². The summed E-state index contributed by atoms with van der Waals surface area (Å²) in [6, 6.07) is 16.4. The van der Waals surface area contributed by atoms with Gasteiger partial charge in [-0.1, -0.05) is 48.0 Å². The molecule has 0 amide bonds. The van der Waals surface area contributed by atoms with Gasteiger partial charge in [0, 0.05) is 11.1 Å². The molecule has 0 saturated carbocycles. The zero-order chi connectivity index (χ0) is 13.9. The minimum absolute atomic E-state index is 0.0252. The zero-order valence-corrected chi connectivity index (χ0v) is 12.0. The van der Waals surface area contributed by atoms with Crippen molar-refractivity contribution in [2.75, 3.05) is 6.61 Å². The molecule has 2 atom stereocenters. The lowest BCUT2D eigenvalue weighted by Crippen LogP contribution is -2.27. The number of rotatable bonds is 4. The van der Waals surface area contributed by atoms with E-state index in [4.69, 9.17) is 11.6 Å². The summed E-state index contributed by atoms with van der Waals surface area (Å²) in [4.78, 5) is 0. The molecule has 2 N–H and O–H groups in total. The van der Waals surface area contributed by atoms with E-state index >= 15 is 0 Å². The van der Waals surface area contributed by atoms with Crippen molar-refractivity contribution in [3.63, 3.8) is 0 Å². The highest BCUT2D eigenvalue weighted by Gasteiger charge is 2.25. The molecule has 20 heavy (non-hydrogen) atoms. The summed E-state index contributed by atoms with van der Waals surface area (Å²) in [5.41, 5.74) is 3.75. The molecule has 0 bridgehead atoms. The SMILES string of the molecule is OCC(NC1CCc2cc(Cl)ccc21)c1ccccc1. The normalized spacial score (nSPS) is 18.8. The van der Waals surface area contributed by atoms with Crippen LogP contribution in [0.3, 0.4) is 0 Å². The first-order chi connectivity index (χ1) is 9.78. The minimum Gasteiger partial charge on any atom is -0.394 e. The molecule has 2 unspecified atom stereocenters. The molecule has 0 spiro atoms. The smallest absolute Gasteiger partial charge is 0.0626 e. The highest BCUT2D eigenvalue weighted by molar-refractivity contribution is 6.30. The first-order valence-electron chi connectivity index (χ1n) is 6.98. The number of benzene rings is 2. The fourth-order valence-corrected chi connectivity index (χ4v) is 3.14. The number of aryl methyl sites for hydroxylation is 1. The molecule has 1 aliphatic carbocycles. The molecule has 2 aromatic rings. The van der Waals surface area contributed by atoms with E-state index in [2.05, 4.69) is 17.4 Å². The Morgan fingerprint density at radius 1 is 1.20 bits per heavy atom. The summed E-state index contributed by atoms with van der Waals surface area (Å²) in [7, 11) is 0. The summed E-state index contributed by atoms with van der Waals surface area (Å²) < 4.78 is 0. The van der Waals surface area contributed by atoms with E-state index in [1.807, 2.05) is 36.4 Å². The van der Waals surface area contributed by atoms with E-state index in [9.17, 15) is 5.11 Å². The molecule has 0 aromatic heterocycles. The Morgan fingerprint density at radius 3 is 2.75 bits per heavy atom. The van der Waals surface area contributed by atoms with Gasteiger partial charge in [0.25, 0.3) is 0 Å². The Hall–Kier alpha value is -1.35. The van der Waals surface area contributed by atoms with Crippen LogP contribution in [-0.2, 0) is 6.42 Å². The number of fused-ring (bicyclic) bond motifs is 1. The van der Waals surface area contributed by atoms with E-state index in [1.165, 1.54) is 11.1 Å². The largest absolute Gasteiger partial charge is 0.394 e. The fraction of sp³-hybridized carbons (Fsp3) is 0.294. The molecule has 0 heterocycles. The summed E-state index contributed by atoms with van der Waals surface area (Å²) in [5.74, 6) is 0. The minimum atomic E-state index is -0.0252. The fourth-order valence-electron chi connectivity index (χ4n) is 2.94. The molecule has 2 nitrogen and oxygen atoms in total. The lowest BCUT2D eigenvalue weighted by atomic mass is 10.0. The predicted molar refractivity (Wildman–Crippen MR) is 81.9 cm³/mol. The van der Waals surface area contributed by atoms with Gasteiger partial charge in [-0.2, -0.15) is 0 Å². The van der Waals surface area contributed by atoms with E-state index in [1.54, 1.807) is 0 Å². The van der Waals surface area contributed by atoms with Crippen molar-refractivity contribution in [2.24, 2.45) is 0 Å². The van der Waals surface area contributed by atoms with Gasteiger partial charge in [0.15, 0.2) is 0 Å². The Kier molecular flexibility index (Phi) is 4.06. The van der Waals surface area contributed by atoms with Gasteiger partial charge in [0.05, 0.1) is 12.6 Å². The summed E-state index contributed by atoms with van der Waals surface area (Å²) in [6.07, 6.45) is 2.10. The number of nitrogens with one attached hydrogen (secondary N) is 1. The second kappa shape index (κ2) is 5.96. The van der Waals surface area contributed by atoms with E-state index in [-0.39, 0.29) is 12.6 Å². The third kappa shape index (κ3) is 2.73. The van der Waals surface area contributed by atoms with Crippen molar-refractivity contribution in [2.45, 2.75) is 24.9 Å². The molecule has 3 heteroatoms. The van der Waals surface area contributed by atoms with Crippen LogP contribution in [0.2, 0.25) is 5.02 Å². The zero-order valence-electron chi connectivity index (χ0n) is 11.2. The summed E-state index contributed by atoms with van der Waals surface area (Å²) in [5, 5.41) is 14.0. The van der Waals surface area contributed by atoms with Crippen molar-refractivity contribution in [3.8, 4) is 0 Å². The molecule has 0 radical (unpaired) electrons. The number of hydrogen-bond acceptors (Lipinski definition) is 2. The maximum Gasteiger partial charge on any atom is 0.0626 e. The van der Waals surface area contributed by atoms with Crippen LogP contribution in [0.4, 0.5) is 0 Å². The Morgan fingerprint density at radius 2 is 2.00 bits per heavy atom. The second-order valence-corrected chi connectivity index (χ2v) is 5.68. The first-order valence-corrected chi connectivity index (χ1v) is 7.36. The maximum atomic E-state index is 9.65. The van der Waals surface area contributed by atoms with Gasteiger partial charge in [-0.15, -0.1) is 0 Å². The Labute approximate surface area is 124 Å². The number of halogens is 1. The van der Waals surface area contributed by atoms with Gasteiger partial charge in [0.1, 0.15) is 0 Å². The Balaban J connectivity index is 1.79. The molecule has 3 rings (SSSR count). The Bertz CT molecular complexity index is 585. The van der Waals surface area contributed by atoms with Gasteiger partial charge in [0.2, 0.25) is 0 Å². The number of aliphatic hydroxyl groups excluding tert-OH is 1. The van der Waals surface area contributed by atoms with Crippen LogP contribution in [0, 0.1) is 0 Å². The van der Waals surface area contributed by atoms with Crippen molar-refractivity contribution < 1.29 is 5.11 Å². The predicted octanol–water partition coefficient (Wildman–Crippen LogP) is 3.65. The van der Waals surface area contributed by atoms with Crippen LogP contribution in [0.5, 0.6) is 0 Å².